The third-order valence-electron chi connectivity index (χ3n) is 2.88. The quantitative estimate of drug-likeness (QED) is 0.885. The Labute approximate surface area is 121 Å². The summed E-state index contributed by atoms with van der Waals surface area (Å²) in [5, 5.41) is 14.1. The molecule has 0 radical (unpaired) electrons. The van der Waals surface area contributed by atoms with E-state index in [1.54, 1.807) is 10.9 Å². The molecule has 0 spiro atoms. The molecule has 2 rings (SSSR count). The van der Waals surface area contributed by atoms with E-state index in [0.29, 0.717) is 13.1 Å². The van der Waals surface area contributed by atoms with E-state index in [0.717, 1.165) is 11.0 Å². The maximum atomic E-state index is 10.0. The fourth-order valence-corrected chi connectivity index (χ4v) is 2.43. The average molecular weight is 324 g/mol. The molecule has 102 valence electrons. The van der Waals surface area contributed by atoms with E-state index < -0.39 is 6.10 Å². The second kappa shape index (κ2) is 6.84. The summed E-state index contributed by atoms with van der Waals surface area (Å²) in [6.45, 7) is 1.94. The van der Waals surface area contributed by atoms with Gasteiger partial charge in [0.2, 0.25) is 0 Å². The van der Waals surface area contributed by atoms with Gasteiger partial charge < -0.3 is 5.11 Å². The summed E-state index contributed by atoms with van der Waals surface area (Å²) < 4.78 is 2.85. The van der Waals surface area contributed by atoms with Gasteiger partial charge in [0.25, 0.3) is 0 Å². The van der Waals surface area contributed by atoms with Gasteiger partial charge in [-0.3, -0.25) is 9.58 Å². The average Bonchev–Trinajstić information content (AvgIpc) is 2.84. The Balaban J connectivity index is 1.84. The van der Waals surface area contributed by atoms with Crippen LogP contribution < -0.4 is 0 Å². The molecular weight excluding hydrogens is 306 g/mol. The van der Waals surface area contributed by atoms with Crippen LogP contribution in [0.5, 0.6) is 0 Å². The second-order valence-electron chi connectivity index (χ2n) is 4.67. The minimum Gasteiger partial charge on any atom is -0.390 e. The largest absolute Gasteiger partial charge is 0.390 e. The van der Waals surface area contributed by atoms with Gasteiger partial charge in [0.1, 0.15) is 0 Å². The predicted octanol–water partition coefficient (Wildman–Crippen LogP) is 2.14. The van der Waals surface area contributed by atoms with Gasteiger partial charge in [0.15, 0.2) is 0 Å². The molecule has 0 unspecified atom stereocenters. The molecule has 0 aliphatic heterocycles. The fourth-order valence-electron chi connectivity index (χ4n) is 2.02. The molecule has 0 bridgehead atoms. The van der Waals surface area contributed by atoms with E-state index in [9.17, 15) is 5.11 Å². The highest BCUT2D eigenvalue weighted by atomic mass is 79.9. The number of halogens is 1. The Bertz CT molecular complexity index is 501. The van der Waals surface area contributed by atoms with Crippen molar-refractivity contribution < 1.29 is 5.11 Å². The highest BCUT2D eigenvalue weighted by Crippen LogP contribution is 2.17. The molecule has 1 aromatic heterocycles. The van der Waals surface area contributed by atoms with Crippen LogP contribution in [0.2, 0.25) is 0 Å². The number of likely N-dealkylation sites (N-methyl/N-ethyl adjacent to an activating group) is 1. The van der Waals surface area contributed by atoms with Gasteiger partial charge in [-0.15, -0.1) is 0 Å². The number of hydrogen-bond donors (Lipinski definition) is 1. The predicted molar refractivity (Wildman–Crippen MR) is 78.7 cm³/mol. The molecule has 19 heavy (non-hydrogen) atoms. The third-order valence-corrected chi connectivity index (χ3v) is 3.65. The van der Waals surface area contributed by atoms with Crippen LogP contribution in [-0.4, -0.2) is 39.5 Å². The summed E-state index contributed by atoms with van der Waals surface area (Å²) in [7, 11) is 2.01. The Morgan fingerprint density at radius 1 is 1.37 bits per heavy atom. The normalized spacial score (nSPS) is 12.8. The van der Waals surface area contributed by atoms with Crippen LogP contribution in [0.4, 0.5) is 0 Å². The van der Waals surface area contributed by atoms with E-state index in [-0.39, 0.29) is 0 Å². The van der Waals surface area contributed by atoms with Gasteiger partial charge in [-0.05, 0) is 24.7 Å². The molecule has 5 heteroatoms. The van der Waals surface area contributed by atoms with Crippen molar-refractivity contribution in [3.8, 4) is 0 Å². The Hall–Kier alpha value is -1.17. The molecule has 2 aromatic rings. The van der Waals surface area contributed by atoms with Gasteiger partial charge in [0, 0.05) is 30.0 Å². The summed E-state index contributed by atoms with van der Waals surface area (Å²) in [4.78, 5) is 2.11. The number of hydrogen-bond acceptors (Lipinski definition) is 3. The van der Waals surface area contributed by atoms with Gasteiger partial charge >= 0.3 is 0 Å². The first-order valence-electron chi connectivity index (χ1n) is 6.22. The monoisotopic (exact) mass is 323 g/mol. The summed E-state index contributed by atoms with van der Waals surface area (Å²) in [6, 6.07) is 10.00. The zero-order chi connectivity index (χ0) is 13.7. The molecule has 0 aliphatic rings. The fraction of sp³-hybridized carbons (Fsp3) is 0.357. The Morgan fingerprint density at radius 2 is 2.16 bits per heavy atom. The van der Waals surface area contributed by atoms with Gasteiger partial charge in [-0.25, -0.2) is 0 Å². The molecule has 1 heterocycles. The maximum absolute atomic E-state index is 10.0. The number of aliphatic hydroxyl groups excluding tert-OH is 1. The van der Waals surface area contributed by atoms with Crippen molar-refractivity contribution in [2.75, 3.05) is 13.6 Å². The minimum atomic E-state index is -0.424. The summed E-state index contributed by atoms with van der Waals surface area (Å²) >= 11 is 3.54. The summed E-state index contributed by atoms with van der Waals surface area (Å²) in [5.41, 5.74) is 1.22. The van der Waals surface area contributed by atoms with Gasteiger partial charge in [0.05, 0.1) is 12.6 Å². The molecule has 0 amide bonds. The Morgan fingerprint density at radius 3 is 2.84 bits per heavy atom. The van der Waals surface area contributed by atoms with Crippen molar-refractivity contribution in [1.29, 1.82) is 0 Å². The van der Waals surface area contributed by atoms with Crippen molar-refractivity contribution >= 4 is 15.9 Å². The Kier molecular flexibility index (Phi) is 5.13. The molecule has 0 saturated carbocycles. The molecular formula is C14H18BrN3O. The molecule has 1 atom stereocenters. The van der Waals surface area contributed by atoms with E-state index in [1.165, 1.54) is 5.56 Å². The number of aliphatic hydroxyl groups is 1. The molecule has 0 aliphatic carbocycles. The van der Waals surface area contributed by atoms with Gasteiger partial charge in [-0.1, -0.05) is 34.1 Å². The van der Waals surface area contributed by atoms with Crippen LogP contribution in [0.15, 0.2) is 47.2 Å². The number of nitrogens with zero attached hydrogens (tertiary/aromatic N) is 3. The lowest BCUT2D eigenvalue weighted by Crippen LogP contribution is -2.32. The SMILES string of the molecule is CN(Cc1ccccc1Br)C[C@H](O)Cn1cccn1. The summed E-state index contributed by atoms with van der Waals surface area (Å²) in [5.74, 6) is 0. The van der Waals surface area contributed by atoms with Crippen LogP contribution >= 0.6 is 15.9 Å². The van der Waals surface area contributed by atoms with Crippen molar-refractivity contribution in [3.63, 3.8) is 0 Å². The van der Waals surface area contributed by atoms with Crippen molar-refractivity contribution in [2.24, 2.45) is 0 Å². The second-order valence-corrected chi connectivity index (χ2v) is 5.52. The van der Waals surface area contributed by atoms with Crippen molar-refractivity contribution in [2.45, 2.75) is 19.2 Å². The van der Waals surface area contributed by atoms with Crippen LogP contribution in [-0.2, 0) is 13.1 Å². The molecule has 0 fully saturated rings. The lowest BCUT2D eigenvalue weighted by molar-refractivity contribution is 0.104. The van der Waals surface area contributed by atoms with Crippen LogP contribution in [0.3, 0.4) is 0 Å². The summed E-state index contributed by atoms with van der Waals surface area (Å²) in [6.07, 6.45) is 3.15. The van der Waals surface area contributed by atoms with Gasteiger partial charge in [-0.2, -0.15) is 5.10 Å². The molecule has 1 aromatic carbocycles. The first-order chi connectivity index (χ1) is 9.15. The lowest BCUT2D eigenvalue weighted by Gasteiger charge is -2.21. The number of benzene rings is 1. The topological polar surface area (TPSA) is 41.3 Å². The molecule has 4 nitrogen and oxygen atoms in total. The van der Waals surface area contributed by atoms with E-state index >= 15 is 0 Å². The smallest absolute Gasteiger partial charge is 0.0862 e. The highest BCUT2D eigenvalue weighted by Gasteiger charge is 2.10. The number of rotatable bonds is 6. The highest BCUT2D eigenvalue weighted by molar-refractivity contribution is 9.10. The first-order valence-corrected chi connectivity index (χ1v) is 7.02. The van der Waals surface area contributed by atoms with Crippen LogP contribution in [0.25, 0.3) is 0 Å². The zero-order valence-electron chi connectivity index (χ0n) is 10.9. The standard InChI is InChI=1S/C14H18BrN3O/c1-17(9-12-5-2-3-6-14(12)15)10-13(19)11-18-8-4-7-16-18/h2-8,13,19H,9-11H2,1H3/t13-/m0/s1. The molecule has 1 N–H and O–H groups in total. The first kappa shape index (κ1) is 14.2. The van der Waals surface area contributed by atoms with Crippen molar-refractivity contribution in [1.82, 2.24) is 14.7 Å². The third kappa shape index (κ3) is 4.45. The number of aromatic nitrogens is 2. The van der Waals surface area contributed by atoms with Crippen LogP contribution in [0, 0.1) is 0 Å². The molecule has 0 saturated heterocycles. The minimum absolute atomic E-state index is 0.424. The van der Waals surface area contributed by atoms with E-state index in [2.05, 4.69) is 32.0 Å². The zero-order valence-corrected chi connectivity index (χ0v) is 12.5. The lowest BCUT2D eigenvalue weighted by atomic mass is 10.2. The van der Waals surface area contributed by atoms with E-state index in [1.807, 2.05) is 37.5 Å². The van der Waals surface area contributed by atoms with Crippen molar-refractivity contribution in [3.05, 3.63) is 52.8 Å². The van der Waals surface area contributed by atoms with Crippen LogP contribution in [0.1, 0.15) is 5.56 Å². The van der Waals surface area contributed by atoms with E-state index in [4.69, 9.17) is 0 Å². The maximum Gasteiger partial charge on any atom is 0.0862 e.